The van der Waals surface area contributed by atoms with Crippen LogP contribution in [0, 0.1) is 11.8 Å². The van der Waals surface area contributed by atoms with Crippen molar-refractivity contribution in [1.29, 1.82) is 0 Å². The maximum Gasteiger partial charge on any atom is 0.0603 e. The van der Waals surface area contributed by atoms with Gasteiger partial charge in [0.1, 0.15) is 0 Å². The van der Waals surface area contributed by atoms with Crippen molar-refractivity contribution < 1.29 is 19.7 Å². The van der Waals surface area contributed by atoms with Gasteiger partial charge in [-0.2, -0.15) is 0 Å². The molecule has 4 nitrogen and oxygen atoms in total. The van der Waals surface area contributed by atoms with E-state index >= 15 is 0 Å². The van der Waals surface area contributed by atoms with Crippen LogP contribution in [-0.4, -0.2) is 46.8 Å². The zero-order valence-electron chi connectivity index (χ0n) is 17.6. The molecule has 0 aromatic rings. The predicted octanol–water partition coefficient (Wildman–Crippen LogP) is 4.74. The van der Waals surface area contributed by atoms with Gasteiger partial charge in [-0.05, 0) is 115 Å². The average molecular weight is 395 g/mol. The van der Waals surface area contributed by atoms with E-state index in [1.54, 1.807) is 0 Å². The number of aliphatic hydroxyl groups is 2. The van der Waals surface area contributed by atoms with Gasteiger partial charge in [-0.25, -0.2) is 0 Å². The van der Waals surface area contributed by atoms with Gasteiger partial charge in [0.05, 0.1) is 36.6 Å². The van der Waals surface area contributed by atoms with Crippen LogP contribution < -0.4 is 0 Å². The van der Waals surface area contributed by atoms with E-state index < -0.39 is 0 Å². The highest BCUT2D eigenvalue weighted by molar-refractivity contribution is 4.84. The molecular formula is C24H42O4. The molecule has 4 rings (SSSR count). The highest BCUT2D eigenvalue weighted by atomic mass is 16.5. The van der Waals surface area contributed by atoms with E-state index in [1.807, 2.05) is 0 Å². The summed E-state index contributed by atoms with van der Waals surface area (Å²) in [4.78, 5) is 0. The highest BCUT2D eigenvalue weighted by Crippen LogP contribution is 2.41. The molecule has 0 spiro atoms. The van der Waals surface area contributed by atoms with Crippen LogP contribution >= 0.6 is 0 Å². The van der Waals surface area contributed by atoms with E-state index in [4.69, 9.17) is 9.47 Å². The van der Waals surface area contributed by atoms with Crippen molar-refractivity contribution in [2.24, 2.45) is 11.8 Å². The first-order valence-corrected chi connectivity index (χ1v) is 12.3. The first-order valence-electron chi connectivity index (χ1n) is 12.3. The van der Waals surface area contributed by atoms with Crippen LogP contribution in [0.2, 0.25) is 0 Å². The minimum atomic E-state index is -0.135. The van der Waals surface area contributed by atoms with Crippen LogP contribution in [0.25, 0.3) is 0 Å². The second-order valence-corrected chi connectivity index (χ2v) is 10.2. The van der Waals surface area contributed by atoms with Crippen molar-refractivity contribution in [2.45, 2.75) is 139 Å². The molecule has 2 N–H and O–H groups in total. The van der Waals surface area contributed by atoms with E-state index in [2.05, 4.69) is 0 Å². The molecule has 0 aromatic carbocycles. The lowest BCUT2D eigenvalue weighted by atomic mass is 9.72. The largest absolute Gasteiger partial charge is 0.393 e. The first-order chi connectivity index (χ1) is 13.7. The average Bonchev–Trinajstić information content (AvgIpc) is 2.69. The molecule has 0 aliphatic heterocycles. The van der Waals surface area contributed by atoms with Crippen molar-refractivity contribution >= 4 is 0 Å². The van der Waals surface area contributed by atoms with Crippen molar-refractivity contribution in [3.05, 3.63) is 0 Å². The summed E-state index contributed by atoms with van der Waals surface area (Å²) in [5.41, 5.74) is 0. The van der Waals surface area contributed by atoms with Crippen molar-refractivity contribution in [2.75, 3.05) is 0 Å². The molecule has 4 unspecified atom stereocenters. The summed E-state index contributed by atoms with van der Waals surface area (Å²) in [6, 6.07) is 0. The molecule has 4 aliphatic carbocycles. The molecule has 4 heteroatoms. The van der Waals surface area contributed by atoms with Crippen molar-refractivity contribution in [3.63, 3.8) is 0 Å². The Balaban J connectivity index is 1.13. The summed E-state index contributed by atoms with van der Waals surface area (Å²) in [7, 11) is 0. The van der Waals surface area contributed by atoms with Crippen LogP contribution in [0.4, 0.5) is 0 Å². The number of aliphatic hydroxyl groups excluding tert-OH is 2. The minimum absolute atomic E-state index is 0.135. The Bertz CT molecular complexity index is 412. The molecule has 4 saturated carbocycles. The fourth-order valence-electron chi connectivity index (χ4n) is 6.42. The quantitative estimate of drug-likeness (QED) is 0.707. The lowest BCUT2D eigenvalue weighted by molar-refractivity contribution is -0.0849. The lowest BCUT2D eigenvalue weighted by Gasteiger charge is -2.40. The van der Waals surface area contributed by atoms with E-state index in [9.17, 15) is 10.2 Å². The Morgan fingerprint density at radius 1 is 0.429 bits per heavy atom. The van der Waals surface area contributed by atoms with Gasteiger partial charge in [-0.15, -0.1) is 0 Å². The third-order valence-corrected chi connectivity index (χ3v) is 8.07. The molecule has 4 atom stereocenters. The predicted molar refractivity (Wildman–Crippen MR) is 110 cm³/mol. The summed E-state index contributed by atoms with van der Waals surface area (Å²) in [6.45, 7) is 0. The second-order valence-electron chi connectivity index (χ2n) is 10.2. The van der Waals surface area contributed by atoms with E-state index in [0.717, 1.165) is 63.2 Å². The second kappa shape index (κ2) is 10.2. The van der Waals surface area contributed by atoms with Crippen molar-refractivity contribution in [3.8, 4) is 0 Å². The topological polar surface area (TPSA) is 58.9 Å². The standard InChI is InChI=1S/C24H42O4/c25-19-3-1-5-23(15-19)27-21-11-7-17(8-12-21)18-9-13-22(14-10-18)28-24-6-2-4-20(26)16-24/h17-26H,1-16H2. The molecule has 0 bridgehead atoms. The van der Waals surface area contributed by atoms with Crippen LogP contribution in [0.5, 0.6) is 0 Å². The summed E-state index contributed by atoms with van der Waals surface area (Å²) in [6.07, 6.45) is 19.5. The third-order valence-electron chi connectivity index (χ3n) is 8.07. The zero-order valence-corrected chi connectivity index (χ0v) is 17.6. The molecule has 0 aromatic heterocycles. The molecule has 0 saturated heterocycles. The molecular weight excluding hydrogens is 352 g/mol. The van der Waals surface area contributed by atoms with Gasteiger partial charge < -0.3 is 19.7 Å². The fourth-order valence-corrected chi connectivity index (χ4v) is 6.42. The SMILES string of the molecule is OC1CCCC(OC2CCC(C3CCC(OC4CCCC(O)C4)CC3)CC2)C1. The highest BCUT2D eigenvalue weighted by Gasteiger charge is 2.34. The Morgan fingerprint density at radius 2 is 0.821 bits per heavy atom. The van der Waals surface area contributed by atoms with Crippen molar-refractivity contribution in [1.82, 2.24) is 0 Å². The monoisotopic (exact) mass is 394 g/mol. The summed E-state index contributed by atoms with van der Waals surface area (Å²) >= 11 is 0. The Kier molecular flexibility index (Phi) is 7.71. The summed E-state index contributed by atoms with van der Waals surface area (Å²) in [5.74, 6) is 1.77. The van der Waals surface area contributed by atoms with Gasteiger partial charge >= 0.3 is 0 Å². The molecule has 0 heterocycles. The van der Waals surface area contributed by atoms with Gasteiger partial charge in [0.2, 0.25) is 0 Å². The molecule has 4 fully saturated rings. The molecule has 0 radical (unpaired) electrons. The number of rotatable bonds is 5. The van der Waals surface area contributed by atoms with Crippen LogP contribution in [0.15, 0.2) is 0 Å². The van der Waals surface area contributed by atoms with E-state index in [-0.39, 0.29) is 12.2 Å². The minimum Gasteiger partial charge on any atom is -0.393 e. The number of ether oxygens (including phenoxy) is 2. The van der Waals surface area contributed by atoms with Crippen LogP contribution in [-0.2, 0) is 9.47 Å². The van der Waals surface area contributed by atoms with Crippen LogP contribution in [0.3, 0.4) is 0 Å². The van der Waals surface area contributed by atoms with Gasteiger partial charge in [0.25, 0.3) is 0 Å². The van der Waals surface area contributed by atoms with Crippen LogP contribution in [0.1, 0.15) is 103 Å². The Morgan fingerprint density at radius 3 is 1.18 bits per heavy atom. The maximum atomic E-state index is 9.86. The summed E-state index contributed by atoms with van der Waals surface area (Å²) in [5, 5.41) is 19.7. The number of hydrogen-bond acceptors (Lipinski definition) is 4. The van der Waals surface area contributed by atoms with Gasteiger partial charge in [-0.3, -0.25) is 0 Å². The van der Waals surface area contributed by atoms with Gasteiger partial charge in [0.15, 0.2) is 0 Å². The Hall–Kier alpha value is -0.160. The fraction of sp³-hybridized carbons (Fsp3) is 1.00. The lowest BCUT2D eigenvalue weighted by Crippen LogP contribution is -2.35. The molecule has 28 heavy (non-hydrogen) atoms. The smallest absolute Gasteiger partial charge is 0.0603 e. The zero-order chi connectivity index (χ0) is 19.3. The number of hydrogen-bond donors (Lipinski definition) is 2. The van der Waals surface area contributed by atoms with Gasteiger partial charge in [0, 0.05) is 0 Å². The molecule has 4 aliphatic rings. The third kappa shape index (κ3) is 5.93. The van der Waals surface area contributed by atoms with E-state index in [0.29, 0.717) is 24.4 Å². The normalized spacial score (nSPS) is 45.6. The first kappa shape index (κ1) is 21.1. The Labute approximate surface area is 171 Å². The van der Waals surface area contributed by atoms with E-state index in [1.165, 1.54) is 51.4 Å². The summed E-state index contributed by atoms with van der Waals surface area (Å²) < 4.78 is 12.7. The molecule has 0 amide bonds. The molecule has 162 valence electrons. The maximum absolute atomic E-state index is 9.86. The van der Waals surface area contributed by atoms with Gasteiger partial charge in [-0.1, -0.05) is 0 Å².